The van der Waals surface area contributed by atoms with Crippen molar-refractivity contribution in [3.8, 4) is 0 Å². The lowest BCUT2D eigenvalue weighted by atomic mass is 10.1. The van der Waals surface area contributed by atoms with E-state index in [4.69, 9.17) is 15.7 Å². The Hall–Kier alpha value is -2.12. The molecule has 6 N–H and O–H groups in total. The molecule has 1 fully saturated rings. The van der Waals surface area contributed by atoms with Crippen molar-refractivity contribution in [2.45, 2.75) is 49.6 Å². The van der Waals surface area contributed by atoms with Crippen LogP contribution < -0.4 is 11.2 Å². The summed E-state index contributed by atoms with van der Waals surface area (Å²) in [6.07, 6.45) is -0.504. The molecule has 12 heteroatoms. The lowest BCUT2D eigenvalue weighted by Crippen LogP contribution is -2.51. The topological polar surface area (TPSA) is 169 Å². The molecule has 3 aliphatic rings. The van der Waals surface area contributed by atoms with Gasteiger partial charge in [-0.1, -0.05) is 0 Å². The number of carbonyl (C=O) groups is 1. The number of amides is 1. The SMILES string of the molecule is CN(CCCC(=O)NO)CC1OC(N2C=NC3C(N)=NC=NC32)[C@H](O)[C@@H]1O. The number of aliphatic hydroxyl groups excluding tert-OH is 2. The van der Waals surface area contributed by atoms with Crippen LogP contribution in [0, 0.1) is 0 Å². The van der Waals surface area contributed by atoms with E-state index in [-0.39, 0.29) is 6.42 Å². The second-order valence-corrected chi connectivity index (χ2v) is 6.84. The average molecular weight is 383 g/mol. The third kappa shape index (κ3) is 4.09. The van der Waals surface area contributed by atoms with Crippen molar-refractivity contribution in [2.75, 3.05) is 20.1 Å². The molecule has 0 saturated carbocycles. The fourth-order valence-corrected chi connectivity index (χ4v) is 3.40. The minimum Gasteiger partial charge on any atom is -0.387 e. The fraction of sp³-hybridized carbons (Fsp3) is 0.733. The van der Waals surface area contributed by atoms with Crippen LogP contribution in [0.2, 0.25) is 0 Å². The molecule has 0 bridgehead atoms. The number of hydrogen-bond donors (Lipinski definition) is 5. The highest BCUT2D eigenvalue weighted by molar-refractivity contribution is 5.96. The molecule has 1 amide bonds. The van der Waals surface area contributed by atoms with Gasteiger partial charge in [0, 0.05) is 13.0 Å². The molecule has 3 aliphatic heterocycles. The summed E-state index contributed by atoms with van der Waals surface area (Å²) in [7, 11) is 1.82. The van der Waals surface area contributed by atoms with Crippen molar-refractivity contribution in [1.29, 1.82) is 0 Å². The Labute approximate surface area is 156 Å². The van der Waals surface area contributed by atoms with Gasteiger partial charge in [0.2, 0.25) is 5.91 Å². The number of hydrogen-bond acceptors (Lipinski definition) is 11. The van der Waals surface area contributed by atoms with Gasteiger partial charge in [-0.15, -0.1) is 0 Å². The number of fused-ring (bicyclic) bond motifs is 1. The summed E-state index contributed by atoms with van der Waals surface area (Å²) in [5.74, 6) is -0.111. The van der Waals surface area contributed by atoms with E-state index in [1.807, 2.05) is 11.9 Å². The van der Waals surface area contributed by atoms with Crippen LogP contribution in [-0.2, 0) is 9.53 Å². The molecule has 4 unspecified atom stereocenters. The quantitative estimate of drug-likeness (QED) is 0.230. The molecule has 27 heavy (non-hydrogen) atoms. The zero-order valence-corrected chi connectivity index (χ0v) is 14.9. The highest BCUT2D eigenvalue weighted by Crippen LogP contribution is 2.29. The molecule has 3 heterocycles. The van der Waals surface area contributed by atoms with E-state index < -0.39 is 42.7 Å². The fourth-order valence-electron chi connectivity index (χ4n) is 3.40. The number of carbonyl (C=O) groups excluding carboxylic acids is 1. The Morgan fingerprint density at radius 2 is 2.19 bits per heavy atom. The Morgan fingerprint density at radius 3 is 2.93 bits per heavy atom. The van der Waals surface area contributed by atoms with Gasteiger partial charge in [-0.2, -0.15) is 0 Å². The Bertz CT molecular complexity index is 642. The number of amidine groups is 1. The first-order chi connectivity index (χ1) is 12.9. The Morgan fingerprint density at radius 1 is 1.41 bits per heavy atom. The van der Waals surface area contributed by atoms with Crippen molar-refractivity contribution >= 4 is 24.4 Å². The molecule has 0 aliphatic carbocycles. The van der Waals surface area contributed by atoms with Crippen molar-refractivity contribution in [2.24, 2.45) is 20.7 Å². The van der Waals surface area contributed by atoms with E-state index in [1.54, 1.807) is 10.4 Å². The molecule has 0 radical (unpaired) electrons. The third-order valence-corrected chi connectivity index (χ3v) is 4.87. The van der Waals surface area contributed by atoms with Gasteiger partial charge in [0.15, 0.2) is 12.4 Å². The van der Waals surface area contributed by atoms with Crippen LogP contribution in [0.3, 0.4) is 0 Å². The third-order valence-electron chi connectivity index (χ3n) is 4.87. The number of ether oxygens (including phenoxy) is 1. The maximum atomic E-state index is 11.0. The van der Waals surface area contributed by atoms with E-state index in [0.29, 0.717) is 25.3 Å². The molecule has 1 saturated heterocycles. The van der Waals surface area contributed by atoms with Crippen LogP contribution in [0.4, 0.5) is 0 Å². The zero-order valence-electron chi connectivity index (χ0n) is 14.9. The molecule has 150 valence electrons. The van der Waals surface area contributed by atoms with Crippen LogP contribution in [0.25, 0.3) is 0 Å². The Kier molecular flexibility index (Phi) is 6.01. The van der Waals surface area contributed by atoms with Crippen molar-refractivity contribution in [3.05, 3.63) is 0 Å². The van der Waals surface area contributed by atoms with Gasteiger partial charge >= 0.3 is 0 Å². The van der Waals surface area contributed by atoms with Crippen LogP contribution in [0.1, 0.15) is 12.8 Å². The first-order valence-electron chi connectivity index (χ1n) is 8.71. The molecule has 0 spiro atoms. The Balaban J connectivity index is 1.55. The van der Waals surface area contributed by atoms with E-state index >= 15 is 0 Å². The number of likely N-dealkylation sites (N-methyl/N-ethyl adjacent to an activating group) is 1. The minimum atomic E-state index is -1.14. The zero-order chi connectivity index (χ0) is 19.6. The lowest BCUT2D eigenvalue weighted by Gasteiger charge is -2.31. The average Bonchev–Trinajstić information content (AvgIpc) is 3.19. The monoisotopic (exact) mass is 383 g/mol. The number of aliphatic imine (C=N–C) groups is 3. The molecule has 3 rings (SSSR count). The van der Waals surface area contributed by atoms with Crippen LogP contribution >= 0.6 is 0 Å². The van der Waals surface area contributed by atoms with Crippen LogP contribution in [0.15, 0.2) is 15.0 Å². The smallest absolute Gasteiger partial charge is 0.243 e. The minimum absolute atomic E-state index is 0.189. The number of nitrogens with two attached hydrogens (primary N) is 1. The number of hydroxylamine groups is 1. The van der Waals surface area contributed by atoms with Gasteiger partial charge in [-0.05, 0) is 20.0 Å². The lowest BCUT2D eigenvalue weighted by molar-refractivity contribution is -0.129. The second-order valence-electron chi connectivity index (χ2n) is 6.84. The first-order valence-corrected chi connectivity index (χ1v) is 8.71. The molecule has 0 aromatic carbocycles. The summed E-state index contributed by atoms with van der Waals surface area (Å²) in [6, 6.07) is -0.428. The number of aliphatic hydroxyl groups is 2. The second kappa shape index (κ2) is 8.27. The van der Waals surface area contributed by atoms with Gasteiger partial charge in [-0.25, -0.2) is 15.5 Å². The maximum Gasteiger partial charge on any atom is 0.243 e. The van der Waals surface area contributed by atoms with E-state index in [1.165, 1.54) is 12.7 Å². The molecule has 12 nitrogen and oxygen atoms in total. The summed E-state index contributed by atoms with van der Waals surface area (Å²) >= 11 is 0. The molecule has 0 aromatic heterocycles. The molecular formula is C15H25N7O5. The number of rotatable bonds is 7. The predicted molar refractivity (Wildman–Crippen MR) is 95.4 cm³/mol. The largest absolute Gasteiger partial charge is 0.387 e. The summed E-state index contributed by atoms with van der Waals surface area (Å²) in [5, 5.41) is 29.3. The standard InChI is InChI=1S/C15H25N7O5/c1-21(4-2-3-9(23)20-26)5-8-11(24)12(25)15(27-8)22-7-19-10-13(16)17-6-18-14(10)22/h6-8,10-12,14-15,24-26H,2-5H2,1H3,(H,20,23)(H2,16,17,18)/t8?,10?,11-,12-,14?,15?/m1/s1. The van der Waals surface area contributed by atoms with Crippen LogP contribution in [0.5, 0.6) is 0 Å². The van der Waals surface area contributed by atoms with Crippen LogP contribution in [-0.4, -0.2) is 107 Å². The number of nitrogens with one attached hydrogen (secondary N) is 1. The van der Waals surface area contributed by atoms with Gasteiger partial charge in [-0.3, -0.25) is 15.0 Å². The highest BCUT2D eigenvalue weighted by Gasteiger charge is 2.49. The van der Waals surface area contributed by atoms with Crippen molar-refractivity contribution < 1.29 is 25.0 Å². The summed E-state index contributed by atoms with van der Waals surface area (Å²) in [5.41, 5.74) is 7.41. The normalized spacial score (nSPS) is 34.9. The summed E-state index contributed by atoms with van der Waals surface area (Å²) in [6.45, 7) is 0.926. The van der Waals surface area contributed by atoms with Gasteiger partial charge in [0.05, 0.1) is 6.34 Å². The maximum absolute atomic E-state index is 11.0. The van der Waals surface area contributed by atoms with Gasteiger partial charge in [0.25, 0.3) is 0 Å². The van der Waals surface area contributed by atoms with Crippen molar-refractivity contribution in [3.63, 3.8) is 0 Å². The summed E-state index contributed by atoms with van der Waals surface area (Å²) < 4.78 is 5.89. The van der Waals surface area contributed by atoms with E-state index in [9.17, 15) is 15.0 Å². The van der Waals surface area contributed by atoms with Gasteiger partial charge in [0.1, 0.15) is 36.5 Å². The number of nitrogens with zero attached hydrogens (tertiary/aromatic N) is 5. The predicted octanol–water partition coefficient (Wildman–Crippen LogP) is -2.91. The first kappa shape index (κ1) is 19.6. The molecular weight excluding hydrogens is 358 g/mol. The molecule has 0 aromatic rings. The van der Waals surface area contributed by atoms with E-state index in [0.717, 1.165) is 0 Å². The summed E-state index contributed by atoms with van der Waals surface area (Å²) in [4.78, 5) is 27.0. The van der Waals surface area contributed by atoms with E-state index in [2.05, 4.69) is 15.0 Å². The van der Waals surface area contributed by atoms with Gasteiger partial charge < -0.3 is 30.5 Å². The highest BCUT2D eigenvalue weighted by atomic mass is 16.6. The molecule has 6 atom stereocenters. The van der Waals surface area contributed by atoms with Crippen molar-refractivity contribution in [1.82, 2.24) is 15.3 Å².